The van der Waals surface area contributed by atoms with E-state index in [0.29, 0.717) is 29.7 Å². The number of halogens is 1. The normalized spacial score (nSPS) is 17.0. The zero-order chi connectivity index (χ0) is 16.5. The predicted molar refractivity (Wildman–Crippen MR) is 91.8 cm³/mol. The van der Waals surface area contributed by atoms with E-state index in [1.807, 2.05) is 24.3 Å². The first-order chi connectivity index (χ1) is 11.7. The lowest BCUT2D eigenvalue weighted by molar-refractivity contribution is 0.206. The molecule has 6 nitrogen and oxygen atoms in total. The topological polar surface area (TPSA) is 69.2 Å². The van der Waals surface area contributed by atoms with Crippen molar-refractivity contribution < 1.29 is 9.47 Å². The third-order valence-corrected chi connectivity index (χ3v) is 4.05. The van der Waals surface area contributed by atoms with Gasteiger partial charge in [-0.2, -0.15) is 9.97 Å². The number of hydrogen-bond donors (Lipinski definition) is 1. The van der Waals surface area contributed by atoms with Gasteiger partial charge in [-0.25, -0.2) is 4.98 Å². The summed E-state index contributed by atoms with van der Waals surface area (Å²) in [5, 5.41) is 4.60. The van der Waals surface area contributed by atoms with Gasteiger partial charge in [-0.15, -0.1) is 0 Å². The summed E-state index contributed by atoms with van der Waals surface area (Å²) in [6, 6.07) is 9.94. The number of nitrogens with one attached hydrogen (secondary N) is 1. The van der Waals surface area contributed by atoms with Crippen LogP contribution < -0.4 is 14.8 Å². The first-order valence-corrected chi connectivity index (χ1v) is 8.03. The molecule has 122 valence electrons. The molecule has 0 saturated carbocycles. The number of benzene rings is 1. The predicted octanol–water partition coefficient (Wildman–Crippen LogP) is 3.62. The van der Waals surface area contributed by atoms with E-state index in [0.717, 1.165) is 16.7 Å². The number of ether oxygens (including phenoxy) is 2. The van der Waals surface area contributed by atoms with Crippen molar-refractivity contribution in [1.82, 2.24) is 15.0 Å². The number of fused-ring (bicyclic) bond motifs is 5. The molecule has 0 spiro atoms. The van der Waals surface area contributed by atoms with Crippen LogP contribution in [0.5, 0.6) is 11.8 Å². The summed E-state index contributed by atoms with van der Waals surface area (Å²) >= 11 is 6.03. The fourth-order valence-corrected chi connectivity index (χ4v) is 2.85. The van der Waals surface area contributed by atoms with Crippen LogP contribution in [-0.2, 0) is 0 Å². The maximum Gasteiger partial charge on any atom is 0.319 e. The summed E-state index contributed by atoms with van der Waals surface area (Å²) in [6.07, 6.45) is 1.62. The highest BCUT2D eigenvalue weighted by Crippen LogP contribution is 2.31. The first kappa shape index (κ1) is 15.0. The summed E-state index contributed by atoms with van der Waals surface area (Å²) in [5.41, 5.74) is 1.72. The van der Waals surface area contributed by atoms with Gasteiger partial charge in [0.2, 0.25) is 0 Å². The van der Waals surface area contributed by atoms with Crippen molar-refractivity contribution >= 4 is 28.3 Å². The van der Waals surface area contributed by atoms with Crippen molar-refractivity contribution in [3.63, 3.8) is 0 Å². The molecular formula is C17H15ClN4O2. The lowest BCUT2D eigenvalue weighted by Crippen LogP contribution is -2.11. The Balaban J connectivity index is 1.85. The van der Waals surface area contributed by atoms with Crippen molar-refractivity contribution in [2.45, 2.75) is 13.0 Å². The van der Waals surface area contributed by atoms with Crippen LogP contribution in [0.1, 0.15) is 18.5 Å². The van der Waals surface area contributed by atoms with Gasteiger partial charge in [-0.1, -0.05) is 29.8 Å². The Bertz CT molecular complexity index is 903. The van der Waals surface area contributed by atoms with Crippen LogP contribution in [0, 0.1) is 0 Å². The number of para-hydroxylation sites is 1. The molecular weight excluding hydrogens is 328 g/mol. The molecule has 1 aliphatic heterocycles. The number of nitrogens with zero attached hydrogens (tertiary/aromatic N) is 3. The van der Waals surface area contributed by atoms with E-state index >= 15 is 0 Å². The van der Waals surface area contributed by atoms with E-state index in [1.165, 1.54) is 0 Å². The zero-order valence-electron chi connectivity index (χ0n) is 13.0. The Morgan fingerprint density at radius 1 is 1.17 bits per heavy atom. The second kappa shape index (κ2) is 6.13. The molecule has 0 saturated heterocycles. The van der Waals surface area contributed by atoms with Crippen molar-refractivity contribution in [1.29, 1.82) is 0 Å². The van der Waals surface area contributed by atoms with Crippen molar-refractivity contribution in [3.8, 4) is 11.8 Å². The second-order valence-corrected chi connectivity index (χ2v) is 5.87. The highest BCUT2D eigenvalue weighted by Gasteiger charge is 2.17. The van der Waals surface area contributed by atoms with E-state index in [1.54, 1.807) is 12.3 Å². The highest BCUT2D eigenvalue weighted by molar-refractivity contribution is 6.30. The van der Waals surface area contributed by atoms with Gasteiger partial charge in [0, 0.05) is 10.9 Å². The maximum absolute atomic E-state index is 6.03. The fraction of sp³-hybridized carbons (Fsp3) is 0.235. The van der Waals surface area contributed by atoms with Crippen molar-refractivity contribution in [2.75, 3.05) is 18.5 Å². The van der Waals surface area contributed by atoms with Crippen LogP contribution in [0.25, 0.3) is 10.9 Å². The molecule has 1 N–H and O–H groups in total. The van der Waals surface area contributed by atoms with Gasteiger partial charge >= 0.3 is 6.01 Å². The fourth-order valence-electron chi connectivity index (χ4n) is 2.70. The Labute approximate surface area is 143 Å². The Morgan fingerprint density at radius 3 is 2.92 bits per heavy atom. The van der Waals surface area contributed by atoms with Crippen molar-refractivity contribution in [2.24, 2.45) is 0 Å². The van der Waals surface area contributed by atoms with E-state index in [4.69, 9.17) is 21.1 Å². The molecule has 4 rings (SSSR count). The third kappa shape index (κ3) is 2.80. The van der Waals surface area contributed by atoms with Gasteiger partial charge in [-0.05, 0) is 19.1 Å². The van der Waals surface area contributed by atoms with Crippen LogP contribution in [0.3, 0.4) is 0 Å². The lowest BCUT2D eigenvalue weighted by atomic mass is 10.1. The maximum atomic E-state index is 6.03. The van der Waals surface area contributed by atoms with Gasteiger partial charge < -0.3 is 14.8 Å². The minimum absolute atomic E-state index is 0.0165. The summed E-state index contributed by atoms with van der Waals surface area (Å²) in [6.45, 7) is 2.82. The molecule has 0 radical (unpaired) electrons. The molecule has 0 aliphatic carbocycles. The average Bonchev–Trinajstić information content (AvgIpc) is 2.61. The molecule has 1 aromatic carbocycles. The molecule has 0 unspecified atom stereocenters. The molecule has 3 heterocycles. The number of rotatable bonds is 0. The zero-order valence-corrected chi connectivity index (χ0v) is 13.7. The number of pyridine rings is 1. The number of aromatic nitrogens is 3. The average molecular weight is 343 g/mol. The molecule has 0 amide bonds. The molecule has 2 aromatic heterocycles. The Hall–Kier alpha value is -2.60. The van der Waals surface area contributed by atoms with Gasteiger partial charge in [0.05, 0.1) is 17.8 Å². The third-order valence-electron chi connectivity index (χ3n) is 3.84. The van der Waals surface area contributed by atoms with E-state index in [2.05, 4.69) is 27.2 Å². The molecule has 3 aromatic rings. The van der Waals surface area contributed by atoms with E-state index < -0.39 is 0 Å². The first-order valence-electron chi connectivity index (χ1n) is 7.65. The van der Waals surface area contributed by atoms with Gasteiger partial charge in [0.25, 0.3) is 0 Å². The largest absolute Gasteiger partial charge is 0.490 e. The van der Waals surface area contributed by atoms with Crippen LogP contribution in [-0.4, -0.2) is 28.2 Å². The van der Waals surface area contributed by atoms with Crippen LogP contribution >= 0.6 is 11.6 Å². The monoisotopic (exact) mass is 342 g/mol. The van der Waals surface area contributed by atoms with Gasteiger partial charge in [0.1, 0.15) is 29.9 Å². The van der Waals surface area contributed by atoms with E-state index in [-0.39, 0.29) is 12.1 Å². The smallest absolute Gasteiger partial charge is 0.319 e. The quantitative estimate of drug-likeness (QED) is 0.629. The summed E-state index contributed by atoms with van der Waals surface area (Å²) in [5.74, 6) is 1.48. The van der Waals surface area contributed by atoms with Crippen LogP contribution in [0.2, 0.25) is 5.15 Å². The SMILES string of the molecule is C[C@H]1Nc2nc(nc3cnc(Cl)cc23)OCCOc2ccccc21. The minimum Gasteiger partial charge on any atom is -0.490 e. The summed E-state index contributed by atoms with van der Waals surface area (Å²) in [4.78, 5) is 12.9. The van der Waals surface area contributed by atoms with Gasteiger partial charge in [-0.3, -0.25) is 0 Å². The minimum atomic E-state index is -0.0165. The molecule has 7 heteroatoms. The Morgan fingerprint density at radius 2 is 2.00 bits per heavy atom. The van der Waals surface area contributed by atoms with E-state index in [9.17, 15) is 0 Å². The summed E-state index contributed by atoms with van der Waals surface area (Å²) in [7, 11) is 0. The molecule has 1 atom stereocenters. The molecule has 0 fully saturated rings. The van der Waals surface area contributed by atoms with Gasteiger partial charge in [0.15, 0.2) is 0 Å². The summed E-state index contributed by atoms with van der Waals surface area (Å²) < 4.78 is 11.4. The lowest BCUT2D eigenvalue weighted by Gasteiger charge is -2.18. The molecule has 2 bridgehead atoms. The second-order valence-electron chi connectivity index (χ2n) is 5.48. The van der Waals surface area contributed by atoms with Crippen LogP contribution in [0.15, 0.2) is 36.5 Å². The Kier molecular flexibility index (Phi) is 3.82. The molecule has 1 aliphatic rings. The highest BCUT2D eigenvalue weighted by atomic mass is 35.5. The van der Waals surface area contributed by atoms with Crippen molar-refractivity contribution in [3.05, 3.63) is 47.2 Å². The standard InChI is InChI=1S/C17H15ClN4O2/c1-10-11-4-2-3-5-14(11)23-6-7-24-17-21-13-9-19-15(18)8-12(13)16(20-10)22-17/h2-5,8-10H,6-7H2,1H3,(H,20,21,22)/t10-/m1/s1. The number of hydrogen-bond acceptors (Lipinski definition) is 6. The van der Waals surface area contributed by atoms with Crippen LogP contribution in [0.4, 0.5) is 5.82 Å². The number of anilines is 1. The molecule has 24 heavy (non-hydrogen) atoms.